The van der Waals surface area contributed by atoms with E-state index < -0.39 is 0 Å². The zero-order valence-corrected chi connectivity index (χ0v) is 50.3. The van der Waals surface area contributed by atoms with Gasteiger partial charge in [-0.3, -0.25) is 24.5 Å². The van der Waals surface area contributed by atoms with E-state index in [0.717, 1.165) is 66.5 Å². The summed E-state index contributed by atoms with van der Waals surface area (Å²) in [6.07, 6.45) is 35.2. The molecule has 2 bridgehead atoms. The molecule has 0 amide bonds. The molecule has 7 aliphatic heterocycles. The van der Waals surface area contributed by atoms with Gasteiger partial charge in [-0.15, -0.1) is 0 Å². The van der Waals surface area contributed by atoms with Crippen molar-refractivity contribution in [1.29, 1.82) is 0 Å². The molecule has 5 aliphatic carbocycles. The van der Waals surface area contributed by atoms with Crippen LogP contribution in [-0.2, 0) is 17.7 Å². The van der Waals surface area contributed by atoms with Crippen LogP contribution >= 0.6 is 0 Å². The maximum atomic E-state index is 5.52. The van der Waals surface area contributed by atoms with Crippen molar-refractivity contribution in [2.45, 2.75) is 304 Å². The van der Waals surface area contributed by atoms with Crippen LogP contribution in [0.4, 0.5) is 0 Å². The molecule has 4 spiro atoms. The minimum atomic E-state index is 0.299. The van der Waals surface area contributed by atoms with Gasteiger partial charge in [0.2, 0.25) is 0 Å². The van der Waals surface area contributed by atoms with E-state index in [1.807, 2.05) is 0 Å². The molecule has 6 heteroatoms. The molecular weight excluding hydrogens is 879 g/mol. The molecular formula is C66H119N5O. The average molecular weight is 999 g/mol. The smallest absolute Gasteiger partial charge is 0.0651 e. The number of benzene rings is 1. The molecule has 2 unspecified atom stereocenters. The first-order valence-corrected chi connectivity index (χ1v) is 31.5. The van der Waals surface area contributed by atoms with E-state index in [-0.39, 0.29) is 0 Å². The fraction of sp³-hybridized carbons (Fsp3) is 0.909. The number of piperidine rings is 2. The number of nitrogens with zero attached hydrogens (tertiary/aromatic N) is 5. The normalized spacial score (nSPS) is 30.6. The molecule has 6 nitrogen and oxygen atoms in total. The Bertz CT molecular complexity index is 1690. The van der Waals surface area contributed by atoms with Crippen LogP contribution in [0.2, 0.25) is 0 Å². The van der Waals surface area contributed by atoms with Crippen molar-refractivity contribution in [3.63, 3.8) is 0 Å². The van der Waals surface area contributed by atoms with Crippen LogP contribution in [0, 0.1) is 28.6 Å². The zero-order chi connectivity index (χ0) is 52.0. The quantitative estimate of drug-likeness (QED) is 0.298. The van der Waals surface area contributed by atoms with Gasteiger partial charge in [-0.05, 0) is 251 Å². The van der Waals surface area contributed by atoms with E-state index in [4.69, 9.17) is 4.74 Å². The lowest BCUT2D eigenvalue weighted by Gasteiger charge is -2.57. The fourth-order valence-corrected chi connectivity index (χ4v) is 16.5. The molecule has 72 heavy (non-hydrogen) atoms. The molecule has 414 valence electrons. The third kappa shape index (κ3) is 14.8. The standard InChI is InChI=1S/C13H19N.C12H22.2C11H21N.C10H19NO.C9H17N/c1-13(2,3)14-9-8-11-6-4-5-7-12(11)10-14;1-10(2)11-5-3-6-12(9-11)7-4-8-12;1-11(2,3)12-8-9-4-6-10(12)7-5-9;1-10(2)12-9-5-8-11(12)6-3-4-7-11;1-9(2)11-6-3-4-10(11)5-7-12-8-10;1-8(2)10-6-9(7-10)4-3-5-9/h4-7H,8-10H2,1-3H3;10-11H,3-9H2,1-2H3;9-10H,4-8H2,1-3H3;10H,3-9H2,1-2H3;9H,3-8H2,1-2H3;8H,3-7H2,1-2H3. The topological polar surface area (TPSA) is 25.4 Å². The van der Waals surface area contributed by atoms with Gasteiger partial charge in [-0.25, -0.2) is 0 Å². The molecule has 7 heterocycles. The van der Waals surface area contributed by atoms with Gasteiger partial charge in [0.05, 0.1) is 6.61 Å². The summed E-state index contributed by atoms with van der Waals surface area (Å²) in [4.78, 5) is 13.3. The number of fused-ring (bicyclic) bond motifs is 4. The number of rotatable bonds is 4. The highest BCUT2D eigenvalue weighted by Crippen LogP contribution is 2.54. The third-order valence-electron chi connectivity index (χ3n) is 21.4. The lowest BCUT2D eigenvalue weighted by molar-refractivity contribution is -0.0758. The SMILES string of the molecule is CC(C)(C)N1CC2CCC1CC2.CC(C)(C)N1CCc2ccccc2C1.CC(C)C1CCCC2(CCC2)C1.CC(C)N1CC2(CCC2)C1.CC(C)N1CCCC12CCCC2.CC(C)N1CCCC12CCOC2. The van der Waals surface area contributed by atoms with Crippen molar-refractivity contribution < 1.29 is 4.74 Å². The lowest BCUT2D eigenvalue weighted by Crippen LogP contribution is -2.61. The number of ether oxygens (including phenoxy) is 1. The first kappa shape index (κ1) is 58.7. The second-order valence-corrected chi connectivity index (χ2v) is 29.7. The van der Waals surface area contributed by atoms with Crippen LogP contribution in [0.15, 0.2) is 24.3 Å². The second-order valence-electron chi connectivity index (χ2n) is 29.7. The summed E-state index contributed by atoms with van der Waals surface area (Å²) in [6.45, 7) is 43.7. The van der Waals surface area contributed by atoms with Crippen molar-refractivity contribution in [2.24, 2.45) is 28.6 Å². The Kier molecular flexibility index (Phi) is 20.5. The third-order valence-corrected chi connectivity index (χ3v) is 21.4. The molecule has 1 aromatic rings. The van der Waals surface area contributed by atoms with Gasteiger partial charge in [-0.2, -0.15) is 0 Å². The van der Waals surface area contributed by atoms with Gasteiger partial charge in [-0.1, -0.05) is 76.6 Å². The first-order chi connectivity index (χ1) is 34.1. The second kappa shape index (κ2) is 25.2. The summed E-state index contributed by atoms with van der Waals surface area (Å²) in [5, 5.41) is 0. The van der Waals surface area contributed by atoms with Crippen molar-refractivity contribution in [1.82, 2.24) is 24.5 Å². The van der Waals surface area contributed by atoms with E-state index in [1.54, 1.807) is 25.7 Å². The summed E-state index contributed by atoms with van der Waals surface area (Å²) in [5.41, 5.74) is 6.53. The zero-order valence-electron chi connectivity index (χ0n) is 50.3. The average Bonchev–Trinajstić information content (AvgIpc) is 4.16. The summed E-state index contributed by atoms with van der Waals surface area (Å²) < 4.78 is 5.52. The van der Waals surface area contributed by atoms with Crippen molar-refractivity contribution in [3.05, 3.63) is 35.4 Å². The number of hydrogen-bond acceptors (Lipinski definition) is 6. The highest BCUT2D eigenvalue weighted by Gasteiger charge is 2.48. The molecule has 12 aliphatic rings. The van der Waals surface area contributed by atoms with Gasteiger partial charge in [0, 0.05) is 85.7 Å². The van der Waals surface area contributed by atoms with Crippen LogP contribution in [0.1, 0.15) is 256 Å². The summed E-state index contributed by atoms with van der Waals surface area (Å²) >= 11 is 0. The van der Waals surface area contributed by atoms with Gasteiger partial charge in [0.25, 0.3) is 0 Å². The van der Waals surface area contributed by atoms with E-state index in [1.165, 1.54) is 179 Å². The van der Waals surface area contributed by atoms with Crippen molar-refractivity contribution in [2.75, 3.05) is 52.5 Å². The largest absolute Gasteiger partial charge is 0.379 e. The van der Waals surface area contributed by atoms with E-state index in [2.05, 4.69) is 146 Å². The Hall–Kier alpha value is -1.02. The Labute approximate surface area is 447 Å². The van der Waals surface area contributed by atoms with Crippen LogP contribution in [-0.4, -0.2) is 123 Å². The molecule has 11 fully saturated rings. The minimum Gasteiger partial charge on any atom is -0.379 e. The summed E-state index contributed by atoms with van der Waals surface area (Å²) in [6, 6.07) is 12.0. The molecule has 2 atom stereocenters. The monoisotopic (exact) mass is 998 g/mol. The van der Waals surface area contributed by atoms with Crippen LogP contribution < -0.4 is 0 Å². The van der Waals surface area contributed by atoms with E-state index in [9.17, 15) is 0 Å². The Morgan fingerprint density at radius 2 is 1.10 bits per heavy atom. The maximum Gasteiger partial charge on any atom is 0.0651 e. The minimum absolute atomic E-state index is 0.299. The summed E-state index contributed by atoms with van der Waals surface area (Å²) in [5.74, 6) is 3.01. The van der Waals surface area contributed by atoms with Gasteiger partial charge in [0.15, 0.2) is 0 Å². The Morgan fingerprint density at radius 1 is 0.542 bits per heavy atom. The van der Waals surface area contributed by atoms with E-state index in [0.29, 0.717) is 28.2 Å². The first-order valence-electron chi connectivity index (χ1n) is 31.5. The van der Waals surface area contributed by atoms with Crippen LogP contribution in [0.25, 0.3) is 0 Å². The van der Waals surface area contributed by atoms with Crippen LogP contribution in [0.5, 0.6) is 0 Å². The molecule has 0 N–H and O–H groups in total. The number of likely N-dealkylation sites (tertiary alicyclic amines) is 3. The summed E-state index contributed by atoms with van der Waals surface area (Å²) in [7, 11) is 0. The van der Waals surface area contributed by atoms with Gasteiger partial charge < -0.3 is 4.74 Å². The van der Waals surface area contributed by atoms with E-state index >= 15 is 0 Å². The van der Waals surface area contributed by atoms with Crippen molar-refractivity contribution in [3.8, 4) is 0 Å². The highest BCUT2D eigenvalue weighted by atomic mass is 16.5. The van der Waals surface area contributed by atoms with Crippen LogP contribution in [0.3, 0.4) is 0 Å². The molecule has 13 rings (SSSR count). The van der Waals surface area contributed by atoms with Crippen molar-refractivity contribution >= 4 is 0 Å². The Morgan fingerprint density at radius 3 is 1.56 bits per heavy atom. The number of hydrogen-bond donors (Lipinski definition) is 0. The molecule has 6 saturated heterocycles. The maximum absolute atomic E-state index is 5.52. The molecule has 1 aromatic carbocycles. The molecule has 0 radical (unpaired) electrons. The predicted molar refractivity (Wildman–Crippen MR) is 310 cm³/mol. The predicted octanol–water partition coefficient (Wildman–Crippen LogP) is 15.8. The molecule has 5 saturated carbocycles. The molecule has 0 aromatic heterocycles. The highest BCUT2D eigenvalue weighted by molar-refractivity contribution is 5.29. The van der Waals surface area contributed by atoms with Gasteiger partial charge >= 0.3 is 0 Å². The Balaban J connectivity index is 0.000000127. The lowest BCUT2D eigenvalue weighted by atomic mass is 9.57. The fourth-order valence-electron chi connectivity index (χ4n) is 16.5. The van der Waals surface area contributed by atoms with Gasteiger partial charge in [0.1, 0.15) is 0 Å².